The molecule has 1 saturated carbocycles. The van der Waals surface area contributed by atoms with Crippen molar-refractivity contribution in [3.8, 4) is 5.75 Å². The van der Waals surface area contributed by atoms with Gasteiger partial charge in [-0.2, -0.15) is 13.2 Å². The van der Waals surface area contributed by atoms with Gasteiger partial charge in [0.25, 0.3) is 10.0 Å². The Morgan fingerprint density at radius 3 is 2.41 bits per heavy atom. The minimum Gasteiger partial charge on any atom is -0.506 e. The van der Waals surface area contributed by atoms with Gasteiger partial charge in [-0.3, -0.25) is 9.52 Å². The van der Waals surface area contributed by atoms with E-state index in [9.17, 15) is 36.3 Å². The number of carbonyl (C=O) groups excluding carboxylic acids is 1. The van der Waals surface area contributed by atoms with Gasteiger partial charge in [0.1, 0.15) is 11.5 Å². The third kappa shape index (κ3) is 5.45. The summed E-state index contributed by atoms with van der Waals surface area (Å²) in [5.41, 5.74) is -1.65. The van der Waals surface area contributed by atoms with Gasteiger partial charge in [-0.25, -0.2) is 13.2 Å². The van der Waals surface area contributed by atoms with Gasteiger partial charge in [0.15, 0.2) is 5.78 Å². The Morgan fingerprint density at radius 1 is 0.974 bits per heavy atom. The lowest BCUT2D eigenvalue weighted by Gasteiger charge is -2.21. The highest BCUT2D eigenvalue weighted by Gasteiger charge is 2.40. The number of benzene rings is 2. The van der Waals surface area contributed by atoms with Crippen molar-refractivity contribution in [1.82, 2.24) is 0 Å². The van der Waals surface area contributed by atoms with E-state index >= 15 is 0 Å². The van der Waals surface area contributed by atoms with Crippen LogP contribution < -0.4 is 10.3 Å². The fourth-order valence-electron chi connectivity index (χ4n) is 5.24. The summed E-state index contributed by atoms with van der Waals surface area (Å²) in [7, 11) is -4.63. The van der Waals surface area contributed by atoms with E-state index in [2.05, 4.69) is 4.72 Å². The molecule has 39 heavy (non-hydrogen) atoms. The summed E-state index contributed by atoms with van der Waals surface area (Å²) in [4.78, 5) is 25.1. The van der Waals surface area contributed by atoms with Crippen LogP contribution in [0.1, 0.15) is 77.3 Å². The topological polar surface area (TPSA) is 114 Å². The minimum atomic E-state index is -4.88. The van der Waals surface area contributed by atoms with Crippen LogP contribution in [-0.4, -0.2) is 19.3 Å². The molecule has 206 valence electrons. The molecule has 0 radical (unpaired) electrons. The van der Waals surface area contributed by atoms with E-state index in [1.807, 2.05) is 0 Å². The molecule has 3 aromatic rings. The number of rotatable bonds is 6. The second-order valence-corrected chi connectivity index (χ2v) is 11.6. The predicted molar refractivity (Wildman–Crippen MR) is 136 cm³/mol. The number of halogens is 3. The largest absolute Gasteiger partial charge is 0.506 e. The molecule has 2 N–H and O–H groups in total. The highest BCUT2D eigenvalue weighted by atomic mass is 32.2. The Hall–Kier alpha value is -3.60. The third-order valence-electron chi connectivity index (χ3n) is 7.18. The molecule has 0 bridgehead atoms. The summed E-state index contributed by atoms with van der Waals surface area (Å²) in [6.45, 7) is 0. The van der Waals surface area contributed by atoms with Gasteiger partial charge in [0.05, 0.1) is 21.6 Å². The molecule has 1 heterocycles. The molecule has 2 aromatic carbocycles. The highest BCUT2D eigenvalue weighted by Crippen LogP contribution is 2.49. The van der Waals surface area contributed by atoms with Crippen LogP contribution in [0.15, 0.2) is 62.6 Å². The number of alkyl halides is 3. The normalized spacial score (nSPS) is 17.2. The first kappa shape index (κ1) is 27.0. The van der Waals surface area contributed by atoms with Gasteiger partial charge in [-0.1, -0.05) is 30.7 Å². The van der Waals surface area contributed by atoms with Crippen LogP contribution in [0.2, 0.25) is 0 Å². The van der Waals surface area contributed by atoms with E-state index in [1.165, 1.54) is 24.3 Å². The number of aryl methyl sites for hydroxylation is 1. The Labute approximate surface area is 222 Å². The molecule has 1 unspecified atom stereocenters. The standard InChI is InChI=1S/C28H26F3NO6S/c29-28(30,31)19-9-4-5-12-22(19)39(36,37)32-18-8-6-7-17(15-18)23(16-13-14-16)25-26(34)24-20(33)10-2-1-3-11-21(24)38-27(25)35/h4-9,12,15-16,23,32,34H,1-3,10-11,13-14H2. The number of hydrogen-bond acceptors (Lipinski definition) is 6. The first-order valence-corrected chi connectivity index (χ1v) is 14.2. The first-order valence-electron chi connectivity index (χ1n) is 12.7. The van der Waals surface area contributed by atoms with Crippen molar-refractivity contribution in [2.45, 2.75) is 61.9 Å². The van der Waals surface area contributed by atoms with Crippen LogP contribution in [0.3, 0.4) is 0 Å². The van der Waals surface area contributed by atoms with Crippen molar-refractivity contribution in [2.24, 2.45) is 5.92 Å². The molecule has 1 atom stereocenters. The van der Waals surface area contributed by atoms with Crippen molar-refractivity contribution in [3.63, 3.8) is 0 Å². The number of sulfonamides is 1. The first-order chi connectivity index (χ1) is 18.5. The van der Waals surface area contributed by atoms with Crippen LogP contribution in [-0.2, 0) is 22.6 Å². The lowest BCUT2D eigenvalue weighted by Crippen LogP contribution is -2.21. The molecule has 5 rings (SSSR count). The van der Waals surface area contributed by atoms with Crippen molar-refractivity contribution < 1.29 is 35.9 Å². The van der Waals surface area contributed by atoms with Crippen molar-refractivity contribution in [1.29, 1.82) is 0 Å². The number of Topliss-reactive ketones (excluding diaryl/α,β-unsaturated/α-hetero) is 1. The number of ketones is 1. The smallest absolute Gasteiger partial charge is 0.417 e. The number of fused-ring (bicyclic) bond motifs is 1. The summed E-state index contributed by atoms with van der Waals surface area (Å²) in [5.74, 6) is -1.30. The van der Waals surface area contributed by atoms with E-state index < -0.39 is 44.0 Å². The Morgan fingerprint density at radius 2 is 1.69 bits per heavy atom. The second-order valence-electron chi connectivity index (χ2n) is 9.97. The van der Waals surface area contributed by atoms with Crippen molar-refractivity contribution in [2.75, 3.05) is 4.72 Å². The molecular weight excluding hydrogens is 535 g/mol. The van der Waals surface area contributed by atoms with Gasteiger partial charge in [0.2, 0.25) is 0 Å². The van der Waals surface area contributed by atoms with E-state index in [-0.39, 0.29) is 40.7 Å². The number of anilines is 1. The quantitative estimate of drug-likeness (QED) is 0.381. The van der Waals surface area contributed by atoms with Gasteiger partial charge in [-0.15, -0.1) is 0 Å². The van der Waals surface area contributed by atoms with Gasteiger partial charge >= 0.3 is 11.8 Å². The maximum Gasteiger partial charge on any atom is 0.417 e. The summed E-state index contributed by atoms with van der Waals surface area (Å²) >= 11 is 0. The zero-order valence-electron chi connectivity index (χ0n) is 20.8. The molecule has 11 heteroatoms. The predicted octanol–water partition coefficient (Wildman–Crippen LogP) is 6.01. The van der Waals surface area contributed by atoms with E-state index in [0.717, 1.165) is 31.4 Å². The summed E-state index contributed by atoms with van der Waals surface area (Å²) < 4.78 is 74.1. The molecule has 1 fully saturated rings. The van der Waals surface area contributed by atoms with Crippen LogP contribution in [0.25, 0.3) is 0 Å². The SMILES string of the molecule is O=C1CCCCCc2oc(=O)c(C(c3cccc(NS(=O)(=O)c4ccccc4C(F)(F)F)c3)C3CC3)c(O)c21. The fourth-order valence-corrected chi connectivity index (χ4v) is 6.52. The zero-order valence-corrected chi connectivity index (χ0v) is 21.6. The molecule has 1 aromatic heterocycles. The average molecular weight is 562 g/mol. The molecule has 7 nitrogen and oxygen atoms in total. The maximum absolute atomic E-state index is 13.5. The van der Waals surface area contributed by atoms with Crippen molar-refractivity contribution in [3.05, 3.63) is 87.0 Å². The van der Waals surface area contributed by atoms with Crippen LogP contribution in [0.4, 0.5) is 18.9 Å². The Bertz CT molecular complexity index is 1590. The Kier molecular flexibility index (Phi) is 7.04. The minimum absolute atomic E-state index is 0.0127. The third-order valence-corrected chi connectivity index (χ3v) is 8.62. The van der Waals surface area contributed by atoms with E-state index in [4.69, 9.17) is 4.42 Å². The highest BCUT2D eigenvalue weighted by molar-refractivity contribution is 7.92. The number of carbonyl (C=O) groups is 1. The molecule has 0 aliphatic heterocycles. The number of hydrogen-bond donors (Lipinski definition) is 2. The zero-order chi connectivity index (χ0) is 27.9. The molecule has 0 saturated heterocycles. The lowest BCUT2D eigenvalue weighted by molar-refractivity contribution is -0.139. The Balaban J connectivity index is 1.55. The molecule has 2 aliphatic rings. The van der Waals surface area contributed by atoms with E-state index in [1.54, 1.807) is 6.07 Å². The fraction of sp³-hybridized carbons (Fsp3) is 0.357. The lowest BCUT2D eigenvalue weighted by atomic mass is 9.85. The average Bonchev–Trinajstić information content (AvgIpc) is 3.69. The second kappa shape index (κ2) is 10.2. The number of aromatic hydroxyl groups is 1. The van der Waals surface area contributed by atoms with Gasteiger partial charge in [-0.05, 0) is 61.4 Å². The molecule has 2 aliphatic carbocycles. The van der Waals surface area contributed by atoms with Crippen LogP contribution in [0, 0.1) is 5.92 Å². The summed E-state index contributed by atoms with van der Waals surface area (Å²) in [6, 6.07) is 9.83. The monoisotopic (exact) mass is 561 g/mol. The maximum atomic E-state index is 13.5. The number of nitrogens with one attached hydrogen (secondary N) is 1. The van der Waals surface area contributed by atoms with Crippen molar-refractivity contribution >= 4 is 21.5 Å². The van der Waals surface area contributed by atoms with Gasteiger partial charge in [0, 0.05) is 24.4 Å². The summed E-state index contributed by atoms with van der Waals surface area (Å²) in [6.07, 6.45) is -0.665. The van der Waals surface area contributed by atoms with Crippen LogP contribution >= 0.6 is 0 Å². The van der Waals surface area contributed by atoms with Crippen LogP contribution in [0.5, 0.6) is 5.75 Å². The molecule has 0 amide bonds. The summed E-state index contributed by atoms with van der Waals surface area (Å²) in [5, 5.41) is 11.2. The van der Waals surface area contributed by atoms with E-state index in [0.29, 0.717) is 30.9 Å². The molecular formula is C28H26F3NO6S. The molecule has 0 spiro atoms. The van der Waals surface area contributed by atoms with Gasteiger partial charge < -0.3 is 9.52 Å².